The molecule has 0 radical (unpaired) electrons. The molecule has 2 heterocycles. The van der Waals surface area contributed by atoms with E-state index in [9.17, 15) is 18.0 Å². The summed E-state index contributed by atoms with van der Waals surface area (Å²) in [6.07, 6.45) is -0.558. The molecular weight excluding hydrogens is 401 g/mol. The Balaban J connectivity index is 1.56. The van der Waals surface area contributed by atoms with Gasteiger partial charge in [0.25, 0.3) is 0 Å². The zero-order valence-electron chi connectivity index (χ0n) is 15.3. The molecule has 7 nitrogen and oxygen atoms in total. The number of nitrogens with one attached hydrogen (secondary N) is 2. The molecule has 0 fully saturated rings. The first-order valence-corrected chi connectivity index (χ1v) is 8.75. The van der Waals surface area contributed by atoms with Gasteiger partial charge in [0.05, 0.1) is 17.6 Å². The number of amides is 1. The van der Waals surface area contributed by atoms with Crippen LogP contribution in [0.25, 0.3) is 27.7 Å². The molecule has 0 aliphatic heterocycles. The summed E-state index contributed by atoms with van der Waals surface area (Å²) in [6.45, 7) is -1.35. The smallest absolute Gasteiger partial charge is 0.422 e. The minimum Gasteiger partial charge on any atom is -0.484 e. The van der Waals surface area contributed by atoms with E-state index in [-0.39, 0.29) is 5.75 Å². The Bertz CT molecular complexity index is 1200. The van der Waals surface area contributed by atoms with Crippen LogP contribution in [0.2, 0.25) is 0 Å². The molecule has 0 unspecified atom stereocenters. The van der Waals surface area contributed by atoms with E-state index in [0.29, 0.717) is 16.8 Å². The molecule has 0 spiro atoms. The van der Waals surface area contributed by atoms with Crippen molar-refractivity contribution in [2.75, 3.05) is 11.9 Å². The van der Waals surface area contributed by atoms with Gasteiger partial charge >= 0.3 is 12.3 Å². The summed E-state index contributed by atoms with van der Waals surface area (Å²) in [5, 5.41) is 16.3. The number of alkyl halides is 3. The van der Waals surface area contributed by atoms with Crippen molar-refractivity contribution in [3.63, 3.8) is 0 Å². The number of H-pyrrole nitrogens is 1. The Morgan fingerprint density at radius 1 is 1.17 bits per heavy atom. The van der Waals surface area contributed by atoms with Crippen LogP contribution < -0.4 is 10.1 Å². The Kier molecular flexibility index (Phi) is 4.82. The molecule has 154 valence electrons. The standard InChI is InChI=1S/C20H15F3N4O3/c21-20(22,23)11-30-15-4-2-14(3-5-15)27-10-13(8-25-27)12-1-6-17-16(7-12)18(9-24-17)26-19(28)29/h1-10,24,26H,11H2,(H,28,29). The number of carboxylic acid groups (broad SMARTS) is 1. The fourth-order valence-electron chi connectivity index (χ4n) is 2.99. The molecule has 2 aromatic heterocycles. The topological polar surface area (TPSA) is 92.2 Å². The highest BCUT2D eigenvalue weighted by atomic mass is 19.4. The fourth-order valence-corrected chi connectivity index (χ4v) is 2.99. The van der Waals surface area contributed by atoms with Crippen LogP contribution in [0.15, 0.2) is 61.1 Å². The second-order valence-electron chi connectivity index (χ2n) is 6.46. The zero-order chi connectivity index (χ0) is 21.3. The van der Waals surface area contributed by atoms with Crippen LogP contribution in [-0.2, 0) is 0 Å². The van der Waals surface area contributed by atoms with E-state index in [1.807, 2.05) is 18.2 Å². The van der Waals surface area contributed by atoms with Gasteiger partial charge in [0, 0.05) is 28.9 Å². The van der Waals surface area contributed by atoms with Gasteiger partial charge in [-0.05, 0) is 42.0 Å². The second-order valence-corrected chi connectivity index (χ2v) is 6.46. The quantitative estimate of drug-likeness (QED) is 0.424. The minimum absolute atomic E-state index is 0.111. The van der Waals surface area contributed by atoms with E-state index >= 15 is 0 Å². The number of carbonyl (C=O) groups is 1. The average molecular weight is 416 g/mol. The van der Waals surface area contributed by atoms with Crippen molar-refractivity contribution in [3.8, 4) is 22.6 Å². The summed E-state index contributed by atoms with van der Waals surface area (Å²) >= 11 is 0. The number of fused-ring (bicyclic) bond motifs is 1. The number of aromatic amines is 1. The van der Waals surface area contributed by atoms with Crippen molar-refractivity contribution < 1.29 is 27.8 Å². The molecule has 4 rings (SSSR count). The van der Waals surface area contributed by atoms with Crippen LogP contribution in [0.3, 0.4) is 0 Å². The third kappa shape index (κ3) is 4.22. The molecule has 0 aliphatic rings. The number of anilines is 1. The van der Waals surface area contributed by atoms with Gasteiger partial charge in [-0.25, -0.2) is 9.48 Å². The second kappa shape index (κ2) is 7.47. The lowest BCUT2D eigenvalue weighted by Crippen LogP contribution is -2.19. The molecule has 1 amide bonds. The van der Waals surface area contributed by atoms with E-state index < -0.39 is 18.9 Å². The summed E-state index contributed by atoms with van der Waals surface area (Å²) in [4.78, 5) is 13.9. The van der Waals surface area contributed by atoms with Crippen LogP contribution in [0, 0.1) is 0 Å². The van der Waals surface area contributed by atoms with Crippen LogP contribution >= 0.6 is 0 Å². The fraction of sp³-hybridized carbons (Fsp3) is 0.100. The lowest BCUT2D eigenvalue weighted by molar-refractivity contribution is -0.153. The third-order valence-corrected chi connectivity index (χ3v) is 4.34. The SMILES string of the molecule is O=C(O)Nc1c[nH]c2ccc(-c3cnn(-c4ccc(OCC(F)(F)F)cc4)c3)cc12. The summed E-state index contributed by atoms with van der Waals surface area (Å²) in [5.74, 6) is 0.111. The van der Waals surface area contributed by atoms with Crippen LogP contribution in [0.5, 0.6) is 5.75 Å². The first-order valence-electron chi connectivity index (χ1n) is 8.75. The number of hydrogen-bond donors (Lipinski definition) is 3. The van der Waals surface area contributed by atoms with E-state index in [1.54, 1.807) is 35.4 Å². The maximum absolute atomic E-state index is 12.2. The summed E-state index contributed by atoms with van der Waals surface area (Å²) in [7, 11) is 0. The molecule has 4 aromatic rings. The van der Waals surface area contributed by atoms with Crippen LogP contribution in [0.1, 0.15) is 0 Å². The Morgan fingerprint density at radius 3 is 2.63 bits per heavy atom. The van der Waals surface area contributed by atoms with E-state index in [0.717, 1.165) is 16.6 Å². The molecule has 3 N–H and O–H groups in total. The van der Waals surface area contributed by atoms with Gasteiger partial charge in [-0.1, -0.05) is 6.07 Å². The first kappa shape index (κ1) is 19.4. The number of halogens is 3. The molecule has 2 aromatic carbocycles. The number of aromatic nitrogens is 3. The molecule has 0 bridgehead atoms. The van der Waals surface area contributed by atoms with Gasteiger partial charge < -0.3 is 14.8 Å². The molecule has 0 atom stereocenters. The number of hydrogen-bond acceptors (Lipinski definition) is 3. The lowest BCUT2D eigenvalue weighted by atomic mass is 10.1. The molecular formula is C20H15F3N4O3. The minimum atomic E-state index is -4.39. The maximum atomic E-state index is 12.2. The monoisotopic (exact) mass is 416 g/mol. The summed E-state index contributed by atoms with van der Waals surface area (Å²) in [5.41, 5.74) is 3.49. The molecule has 0 aliphatic carbocycles. The number of rotatable bonds is 5. The van der Waals surface area contributed by atoms with Gasteiger partial charge in [-0.2, -0.15) is 18.3 Å². The van der Waals surface area contributed by atoms with Crippen molar-refractivity contribution in [3.05, 3.63) is 61.1 Å². The highest BCUT2D eigenvalue weighted by molar-refractivity contribution is 6.00. The van der Waals surface area contributed by atoms with Gasteiger partial charge in [-0.15, -0.1) is 0 Å². The van der Waals surface area contributed by atoms with E-state index in [1.165, 1.54) is 12.1 Å². The lowest BCUT2D eigenvalue weighted by Gasteiger charge is -2.09. The number of ether oxygens (including phenoxy) is 1. The van der Waals surface area contributed by atoms with Gasteiger partial charge in [0.15, 0.2) is 6.61 Å². The largest absolute Gasteiger partial charge is 0.484 e. The highest BCUT2D eigenvalue weighted by Crippen LogP contribution is 2.29. The summed E-state index contributed by atoms with van der Waals surface area (Å²) in [6, 6.07) is 11.6. The Morgan fingerprint density at radius 2 is 1.93 bits per heavy atom. The molecule has 0 saturated carbocycles. The zero-order valence-corrected chi connectivity index (χ0v) is 15.3. The molecule has 30 heavy (non-hydrogen) atoms. The number of nitrogens with zero attached hydrogens (tertiary/aromatic N) is 2. The average Bonchev–Trinajstić information content (AvgIpc) is 3.33. The summed E-state index contributed by atoms with van der Waals surface area (Å²) < 4.78 is 43.0. The molecule has 0 saturated heterocycles. The van der Waals surface area contributed by atoms with Crippen molar-refractivity contribution in [1.82, 2.24) is 14.8 Å². The van der Waals surface area contributed by atoms with Gasteiger partial charge in [-0.3, -0.25) is 5.32 Å². The predicted molar refractivity (Wildman–Crippen MR) is 104 cm³/mol. The highest BCUT2D eigenvalue weighted by Gasteiger charge is 2.28. The molecule has 10 heteroatoms. The van der Waals surface area contributed by atoms with Gasteiger partial charge in [0.2, 0.25) is 0 Å². The van der Waals surface area contributed by atoms with Crippen molar-refractivity contribution in [2.24, 2.45) is 0 Å². The van der Waals surface area contributed by atoms with Crippen molar-refractivity contribution in [1.29, 1.82) is 0 Å². The maximum Gasteiger partial charge on any atom is 0.422 e. The van der Waals surface area contributed by atoms with Crippen LogP contribution in [-0.4, -0.2) is 38.7 Å². The first-order chi connectivity index (χ1) is 14.3. The van der Waals surface area contributed by atoms with Crippen LogP contribution in [0.4, 0.5) is 23.7 Å². The Hall–Kier alpha value is -3.95. The third-order valence-electron chi connectivity index (χ3n) is 4.34. The Labute approximate surface area is 167 Å². The van der Waals surface area contributed by atoms with Gasteiger partial charge in [0.1, 0.15) is 5.75 Å². The number of benzene rings is 2. The van der Waals surface area contributed by atoms with Crippen molar-refractivity contribution >= 4 is 22.7 Å². The van der Waals surface area contributed by atoms with E-state index in [2.05, 4.69) is 15.4 Å². The predicted octanol–water partition coefficient (Wildman–Crippen LogP) is 5.05. The normalized spacial score (nSPS) is 11.6. The van der Waals surface area contributed by atoms with Crippen molar-refractivity contribution in [2.45, 2.75) is 6.18 Å². The van der Waals surface area contributed by atoms with E-state index in [4.69, 9.17) is 9.84 Å².